The van der Waals surface area contributed by atoms with Gasteiger partial charge in [0.05, 0.1) is 36.7 Å². The lowest BCUT2D eigenvalue weighted by Crippen LogP contribution is -2.19. The Labute approximate surface area is 176 Å². The van der Waals surface area contributed by atoms with Crippen molar-refractivity contribution < 1.29 is 19.4 Å². The van der Waals surface area contributed by atoms with E-state index in [9.17, 15) is 9.90 Å². The number of aromatic nitrogens is 3. The number of carbonyl (C=O) groups is 1. The molecule has 0 amide bonds. The van der Waals surface area contributed by atoms with Gasteiger partial charge in [0.25, 0.3) is 0 Å². The molecule has 0 bridgehead atoms. The summed E-state index contributed by atoms with van der Waals surface area (Å²) < 4.78 is 11.4. The first-order chi connectivity index (χ1) is 14.4. The van der Waals surface area contributed by atoms with Gasteiger partial charge in [-0.05, 0) is 50.2 Å². The van der Waals surface area contributed by atoms with Gasteiger partial charge in [0.15, 0.2) is 0 Å². The van der Waals surface area contributed by atoms with E-state index in [0.29, 0.717) is 42.0 Å². The van der Waals surface area contributed by atoms with E-state index in [4.69, 9.17) is 14.5 Å². The Morgan fingerprint density at radius 2 is 2.03 bits per heavy atom. The van der Waals surface area contributed by atoms with Crippen LogP contribution < -0.4 is 9.47 Å². The number of carboxylic acid groups (broad SMARTS) is 1. The van der Waals surface area contributed by atoms with Gasteiger partial charge < -0.3 is 14.6 Å². The molecule has 0 saturated heterocycles. The Morgan fingerprint density at radius 1 is 1.27 bits per heavy atom. The molecule has 2 heterocycles. The number of rotatable bonds is 7. The summed E-state index contributed by atoms with van der Waals surface area (Å²) >= 11 is 0. The van der Waals surface area contributed by atoms with Gasteiger partial charge in [0.2, 0.25) is 5.88 Å². The number of hydrogen-bond acceptors (Lipinski definition) is 6. The first-order valence-corrected chi connectivity index (χ1v) is 10.6. The largest absolute Gasteiger partial charge is 0.495 e. The fraction of sp³-hybridized carbons (Fsp3) is 0.565. The summed E-state index contributed by atoms with van der Waals surface area (Å²) in [4.78, 5) is 16.3. The first kappa shape index (κ1) is 20.6. The van der Waals surface area contributed by atoms with E-state index in [1.165, 1.54) is 25.7 Å². The van der Waals surface area contributed by atoms with E-state index in [2.05, 4.69) is 17.1 Å². The summed E-state index contributed by atoms with van der Waals surface area (Å²) in [6.45, 7) is 4.72. The summed E-state index contributed by atoms with van der Waals surface area (Å²) in [5.41, 5.74) is 1.38. The lowest BCUT2D eigenvalue weighted by Gasteiger charge is -2.25. The lowest BCUT2D eigenvalue weighted by atomic mass is 9.83. The van der Waals surface area contributed by atoms with Gasteiger partial charge in [-0.3, -0.25) is 4.79 Å². The fourth-order valence-electron chi connectivity index (χ4n) is 4.30. The van der Waals surface area contributed by atoms with Crippen molar-refractivity contribution in [2.75, 3.05) is 13.7 Å². The van der Waals surface area contributed by atoms with E-state index in [1.54, 1.807) is 20.2 Å². The summed E-state index contributed by atoms with van der Waals surface area (Å²) in [6.07, 6.45) is 7.11. The molecule has 0 unspecified atom stereocenters. The Hall–Kier alpha value is -2.70. The molecule has 2 aliphatic carbocycles. The van der Waals surface area contributed by atoms with Crippen molar-refractivity contribution in [3.63, 3.8) is 0 Å². The summed E-state index contributed by atoms with van der Waals surface area (Å²) in [7, 11) is 1.58. The van der Waals surface area contributed by atoms with Crippen LogP contribution in [0.1, 0.15) is 57.6 Å². The van der Waals surface area contributed by atoms with Crippen LogP contribution in [0.3, 0.4) is 0 Å². The van der Waals surface area contributed by atoms with E-state index in [0.717, 1.165) is 11.5 Å². The second-order valence-electron chi connectivity index (χ2n) is 8.98. The minimum Gasteiger partial charge on any atom is -0.495 e. The highest BCUT2D eigenvalue weighted by Crippen LogP contribution is 2.60. The minimum atomic E-state index is -0.805. The van der Waals surface area contributed by atoms with Gasteiger partial charge in [-0.1, -0.05) is 19.8 Å². The second-order valence-corrected chi connectivity index (χ2v) is 8.98. The molecule has 0 spiro atoms. The van der Waals surface area contributed by atoms with E-state index >= 15 is 0 Å². The van der Waals surface area contributed by atoms with Crippen LogP contribution >= 0.6 is 0 Å². The SMILES string of the molecule is COc1ccc(-c2cnnc(OC[C@H]3CC[C@H](C)CC3)c2)nc1[C@H]1C[C@]1(C)C(=O)O. The van der Waals surface area contributed by atoms with E-state index in [-0.39, 0.29) is 5.92 Å². The van der Waals surface area contributed by atoms with Crippen LogP contribution in [0.15, 0.2) is 24.4 Å². The van der Waals surface area contributed by atoms with Crippen molar-refractivity contribution in [1.29, 1.82) is 0 Å². The van der Waals surface area contributed by atoms with Crippen LogP contribution in [0, 0.1) is 17.3 Å². The Bertz CT molecular complexity index is 926. The Kier molecular flexibility index (Phi) is 5.62. The standard InChI is InChI=1S/C23H29N3O4/c1-14-4-6-15(7-5-14)13-30-20-10-16(12-24-26-20)18-8-9-19(29-3)21(25-18)17-11-23(17,2)22(27)28/h8-10,12,14-15,17H,4-7,11,13H2,1-3H3,(H,27,28)/t14-,15-,17-,23+/m1/s1. The number of ether oxygens (including phenoxy) is 2. The maximum absolute atomic E-state index is 11.6. The van der Waals surface area contributed by atoms with Crippen LogP contribution in [-0.2, 0) is 4.79 Å². The zero-order valence-corrected chi connectivity index (χ0v) is 17.8. The molecule has 2 aromatic heterocycles. The third-order valence-corrected chi connectivity index (χ3v) is 6.69. The highest BCUT2D eigenvalue weighted by Gasteiger charge is 2.59. The Balaban J connectivity index is 1.51. The molecule has 0 radical (unpaired) electrons. The molecule has 4 rings (SSSR count). The van der Waals surface area contributed by atoms with Crippen molar-refractivity contribution in [3.05, 3.63) is 30.1 Å². The number of pyridine rings is 1. The molecule has 160 valence electrons. The molecule has 2 aliphatic rings. The van der Waals surface area contributed by atoms with E-state index in [1.807, 2.05) is 18.2 Å². The molecule has 0 aliphatic heterocycles. The fourth-order valence-corrected chi connectivity index (χ4v) is 4.30. The number of hydrogen-bond donors (Lipinski definition) is 1. The lowest BCUT2D eigenvalue weighted by molar-refractivity contribution is -0.142. The molecule has 7 heteroatoms. The van der Waals surface area contributed by atoms with Crippen molar-refractivity contribution in [2.24, 2.45) is 17.3 Å². The molecule has 7 nitrogen and oxygen atoms in total. The molecule has 2 atom stereocenters. The number of methoxy groups -OCH3 is 1. The highest BCUT2D eigenvalue weighted by atomic mass is 16.5. The summed E-state index contributed by atoms with van der Waals surface area (Å²) in [5.74, 6) is 1.52. The van der Waals surface area contributed by atoms with Gasteiger partial charge in [-0.2, -0.15) is 5.10 Å². The maximum atomic E-state index is 11.6. The third-order valence-electron chi connectivity index (χ3n) is 6.69. The summed E-state index contributed by atoms with van der Waals surface area (Å²) in [5, 5.41) is 17.7. The monoisotopic (exact) mass is 411 g/mol. The maximum Gasteiger partial charge on any atom is 0.310 e. The minimum absolute atomic E-state index is 0.163. The average Bonchev–Trinajstić information content (AvgIpc) is 3.46. The molecule has 2 saturated carbocycles. The van der Waals surface area contributed by atoms with E-state index < -0.39 is 11.4 Å². The second kappa shape index (κ2) is 8.20. The van der Waals surface area contributed by atoms with Gasteiger partial charge in [-0.15, -0.1) is 5.10 Å². The first-order valence-electron chi connectivity index (χ1n) is 10.6. The zero-order valence-electron chi connectivity index (χ0n) is 17.8. The van der Waals surface area contributed by atoms with Crippen LogP contribution in [0.25, 0.3) is 11.3 Å². The molecular weight excluding hydrogens is 382 g/mol. The smallest absolute Gasteiger partial charge is 0.310 e. The third kappa shape index (κ3) is 4.11. The van der Waals surface area contributed by atoms with Crippen LogP contribution in [0.5, 0.6) is 11.6 Å². The average molecular weight is 412 g/mol. The van der Waals surface area contributed by atoms with Crippen molar-refractivity contribution in [1.82, 2.24) is 15.2 Å². The molecule has 30 heavy (non-hydrogen) atoms. The molecule has 2 aromatic rings. The van der Waals surface area contributed by atoms with Crippen molar-refractivity contribution in [2.45, 2.75) is 51.9 Å². The number of aliphatic carboxylic acids is 1. The number of carboxylic acids is 1. The van der Waals surface area contributed by atoms with Crippen LogP contribution in [0.4, 0.5) is 0 Å². The zero-order chi connectivity index (χ0) is 21.3. The van der Waals surface area contributed by atoms with Crippen molar-refractivity contribution >= 4 is 5.97 Å². The molecular formula is C23H29N3O4. The number of nitrogens with zero attached hydrogens (tertiary/aromatic N) is 3. The summed E-state index contributed by atoms with van der Waals surface area (Å²) in [6, 6.07) is 5.54. The topological polar surface area (TPSA) is 94.4 Å². The molecule has 2 fully saturated rings. The van der Waals surface area contributed by atoms with Crippen LogP contribution in [-0.4, -0.2) is 40.0 Å². The molecule has 1 N–H and O–H groups in total. The predicted molar refractivity (Wildman–Crippen MR) is 112 cm³/mol. The van der Waals surface area contributed by atoms with Gasteiger partial charge in [-0.25, -0.2) is 4.98 Å². The molecule has 0 aromatic carbocycles. The van der Waals surface area contributed by atoms with Crippen LogP contribution in [0.2, 0.25) is 0 Å². The quantitative estimate of drug-likeness (QED) is 0.724. The van der Waals surface area contributed by atoms with Gasteiger partial charge >= 0.3 is 5.97 Å². The van der Waals surface area contributed by atoms with Gasteiger partial charge in [0.1, 0.15) is 5.75 Å². The predicted octanol–water partition coefficient (Wildman–Crippen LogP) is 4.33. The Morgan fingerprint density at radius 3 is 2.70 bits per heavy atom. The highest BCUT2D eigenvalue weighted by molar-refractivity contribution is 5.80. The normalized spacial score (nSPS) is 28.0. The van der Waals surface area contributed by atoms with Crippen molar-refractivity contribution in [3.8, 4) is 22.9 Å². The van der Waals surface area contributed by atoms with Gasteiger partial charge in [0, 0.05) is 17.5 Å².